The van der Waals surface area contributed by atoms with E-state index in [1.54, 1.807) is 0 Å². The minimum absolute atomic E-state index is 0.178. The molecule has 2 aliphatic rings. The van der Waals surface area contributed by atoms with Crippen LogP contribution in [0.5, 0.6) is 0 Å². The fourth-order valence-electron chi connectivity index (χ4n) is 4.34. The maximum absolute atomic E-state index is 12.5. The monoisotopic (exact) mass is 311 g/mol. The van der Waals surface area contributed by atoms with Gasteiger partial charge >= 0.3 is 0 Å². The van der Waals surface area contributed by atoms with Gasteiger partial charge in [0.25, 0.3) is 0 Å². The molecule has 1 aliphatic carbocycles. The topological polar surface area (TPSA) is 20.3 Å². The molecule has 0 radical (unpaired) electrons. The molecule has 1 saturated heterocycles. The number of hydrogen-bond acceptors (Lipinski definition) is 1. The van der Waals surface area contributed by atoms with Crippen LogP contribution >= 0.6 is 0 Å². The second kappa shape index (κ2) is 6.51. The minimum atomic E-state index is 0.178. The van der Waals surface area contributed by atoms with Crippen LogP contribution in [0.3, 0.4) is 0 Å². The normalized spacial score (nSPS) is 20.1. The molecule has 1 spiro atoms. The van der Waals surface area contributed by atoms with Gasteiger partial charge in [0.15, 0.2) is 0 Å². The molecule has 0 aromatic heterocycles. The van der Waals surface area contributed by atoms with Crippen molar-refractivity contribution >= 4 is 12.0 Å². The van der Waals surface area contributed by atoms with Crippen molar-refractivity contribution in [2.45, 2.75) is 51.9 Å². The molecule has 1 amide bonds. The Kier molecular flexibility index (Phi) is 4.61. The van der Waals surface area contributed by atoms with Crippen LogP contribution in [-0.2, 0) is 10.2 Å². The van der Waals surface area contributed by atoms with Gasteiger partial charge in [-0.25, -0.2) is 0 Å². The van der Waals surface area contributed by atoms with E-state index in [1.165, 1.54) is 11.1 Å². The van der Waals surface area contributed by atoms with Crippen LogP contribution in [0.4, 0.5) is 0 Å². The van der Waals surface area contributed by atoms with Crippen molar-refractivity contribution in [2.24, 2.45) is 11.8 Å². The Balaban J connectivity index is 1.59. The molecule has 2 nitrogen and oxygen atoms in total. The Morgan fingerprint density at radius 1 is 1.17 bits per heavy atom. The lowest BCUT2D eigenvalue weighted by Gasteiger charge is -2.39. The zero-order chi connectivity index (χ0) is 16.4. The molecule has 124 valence electrons. The minimum Gasteiger partial charge on any atom is -0.343 e. The Labute approximate surface area is 140 Å². The van der Waals surface area contributed by atoms with Crippen LogP contribution in [0.25, 0.3) is 6.08 Å². The van der Waals surface area contributed by atoms with Crippen molar-refractivity contribution in [3.63, 3.8) is 0 Å². The summed E-state index contributed by atoms with van der Waals surface area (Å²) in [6, 6.07) is 8.71. The molecule has 0 saturated carbocycles. The van der Waals surface area contributed by atoms with Gasteiger partial charge in [0.2, 0.25) is 5.91 Å². The van der Waals surface area contributed by atoms with Crippen LogP contribution in [0.2, 0.25) is 0 Å². The smallest absolute Gasteiger partial charge is 0.222 e. The molecule has 3 rings (SSSR count). The Hall–Kier alpha value is -1.57. The lowest BCUT2D eigenvalue weighted by Crippen LogP contribution is -2.44. The predicted octanol–water partition coefficient (Wildman–Crippen LogP) is 4.65. The average molecular weight is 311 g/mol. The average Bonchev–Trinajstić information content (AvgIpc) is 2.86. The number of rotatable bonds is 4. The third-order valence-electron chi connectivity index (χ3n) is 5.48. The van der Waals surface area contributed by atoms with Gasteiger partial charge in [0, 0.05) is 24.9 Å². The molecule has 1 aromatic rings. The van der Waals surface area contributed by atoms with E-state index in [2.05, 4.69) is 62.1 Å². The lowest BCUT2D eigenvalue weighted by molar-refractivity contribution is -0.133. The van der Waals surface area contributed by atoms with Gasteiger partial charge in [-0.1, -0.05) is 57.2 Å². The van der Waals surface area contributed by atoms with Crippen LogP contribution in [0.15, 0.2) is 30.3 Å². The molecule has 1 unspecified atom stereocenters. The number of nitrogens with zero attached hydrogens (tertiary/aromatic N) is 1. The van der Waals surface area contributed by atoms with Crippen molar-refractivity contribution in [3.8, 4) is 0 Å². The summed E-state index contributed by atoms with van der Waals surface area (Å²) in [5.41, 5.74) is 3.00. The molecule has 1 atom stereocenters. The highest BCUT2D eigenvalue weighted by molar-refractivity contribution is 5.77. The first-order valence-corrected chi connectivity index (χ1v) is 9.07. The number of piperidine rings is 1. The van der Waals surface area contributed by atoms with E-state index in [0.29, 0.717) is 24.2 Å². The van der Waals surface area contributed by atoms with E-state index in [4.69, 9.17) is 0 Å². The van der Waals surface area contributed by atoms with Crippen molar-refractivity contribution in [2.75, 3.05) is 13.1 Å². The molecule has 1 aromatic carbocycles. The molecule has 2 heteroatoms. The Morgan fingerprint density at radius 2 is 1.87 bits per heavy atom. The summed E-state index contributed by atoms with van der Waals surface area (Å²) >= 11 is 0. The molecule has 23 heavy (non-hydrogen) atoms. The number of amides is 1. The number of benzene rings is 1. The fourth-order valence-corrected chi connectivity index (χ4v) is 4.34. The molecule has 0 bridgehead atoms. The van der Waals surface area contributed by atoms with E-state index < -0.39 is 0 Å². The Bertz CT molecular complexity index is 594. The number of fused-ring (bicyclic) bond motifs is 2. The standard InChI is InChI=1S/C21H29NO/c1-16(2)14-17(3)15-20(23)22-12-10-21(11-13-22)9-8-18-6-4-5-7-19(18)21/h4-9,16-17H,10-15H2,1-3H3. The molecular weight excluding hydrogens is 282 g/mol. The number of hydrogen-bond donors (Lipinski definition) is 0. The van der Waals surface area contributed by atoms with Gasteiger partial charge in [0.05, 0.1) is 0 Å². The summed E-state index contributed by atoms with van der Waals surface area (Å²) in [6.45, 7) is 8.46. The summed E-state index contributed by atoms with van der Waals surface area (Å²) in [5, 5.41) is 0. The van der Waals surface area contributed by atoms with Gasteiger partial charge in [-0.2, -0.15) is 0 Å². The predicted molar refractivity (Wildman–Crippen MR) is 96.2 cm³/mol. The van der Waals surface area contributed by atoms with Gasteiger partial charge in [0.1, 0.15) is 0 Å². The maximum Gasteiger partial charge on any atom is 0.222 e. The number of carbonyl (C=O) groups excluding carboxylic acids is 1. The zero-order valence-corrected chi connectivity index (χ0v) is 14.7. The van der Waals surface area contributed by atoms with Crippen molar-refractivity contribution in [1.29, 1.82) is 0 Å². The first-order valence-electron chi connectivity index (χ1n) is 9.07. The van der Waals surface area contributed by atoms with Gasteiger partial charge < -0.3 is 4.90 Å². The number of allylic oxidation sites excluding steroid dienone is 1. The quantitative estimate of drug-likeness (QED) is 0.793. The van der Waals surface area contributed by atoms with Gasteiger partial charge in [-0.3, -0.25) is 4.79 Å². The maximum atomic E-state index is 12.5. The van der Waals surface area contributed by atoms with E-state index in [9.17, 15) is 4.79 Å². The van der Waals surface area contributed by atoms with Gasteiger partial charge in [-0.05, 0) is 42.2 Å². The second-order valence-electron chi connectivity index (χ2n) is 7.90. The van der Waals surface area contributed by atoms with E-state index in [0.717, 1.165) is 32.4 Å². The number of carbonyl (C=O) groups is 1. The highest BCUT2D eigenvalue weighted by atomic mass is 16.2. The largest absolute Gasteiger partial charge is 0.343 e. The summed E-state index contributed by atoms with van der Waals surface area (Å²) < 4.78 is 0. The van der Waals surface area contributed by atoms with Crippen molar-refractivity contribution in [3.05, 3.63) is 41.5 Å². The van der Waals surface area contributed by atoms with E-state index >= 15 is 0 Å². The van der Waals surface area contributed by atoms with Crippen molar-refractivity contribution < 1.29 is 4.79 Å². The van der Waals surface area contributed by atoms with Crippen LogP contribution in [-0.4, -0.2) is 23.9 Å². The molecule has 0 N–H and O–H groups in total. The van der Waals surface area contributed by atoms with Crippen LogP contribution in [0, 0.1) is 11.8 Å². The summed E-state index contributed by atoms with van der Waals surface area (Å²) in [5.74, 6) is 1.51. The molecule has 1 heterocycles. The van der Waals surface area contributed by atoms with Gasteiger partial charge in [-0.15, -0.1) is 0 Å². The molecular formula is C21H29NO. The Morgan fingerprint density at radius 3 is 2.57 bits per heavy atom. The van der Waals surface area contributed by atoms with Crippen LogP contribution < -0.4 is 0 Å². The van der Waals surface area contributed by atoms with E-state index in [-0.39, 0.29) is 5.41 Å². The summed E-state index contributed by atoms with van der Waals surface area (Å²) in [4.78, 5) is 14.6. The first-order chi connectivity index (χ1) is 11.0. The molecule has 1 fully saturated rings. The lowest BCUT2D eigenvalue weighted by atomic mass is 9.74. The highest BCUT2D eigenvalue weighted by Crippen LogP contribution is 2.43. The second-order valence-corrected chi connectivity index (χ2v) is 7.90. The fraction of sp³-hybridized carbons (Fsp3) is 0.571. The van der Waals surface area contributed by atoms with Crippen LogP contribution in [0.1, 0.15) is 57.6 Å². The molecule has 1 aliphatic heterocycles. The number of likely N-dealkylation sites (tertiary alicyclic amines) is 1. The summed E-state index contributed by atoms with van der Waals surface area (Å²) in [6.07, 6.45) is 8.60. The highest BCUT2D eigenvalue weighted by Gasteiger charge is 2.38. The first kappa shape index (κ1) is 16.3. The summed E-state index contributed by atoms with van der Waals surface area (Å²) in [7, 11) is 0. The zero-order valence-electron chi connectivity index (χ0n) is 14.7. The van der Waals surface area contributed by atoms with E-state index in [1.807, 2.05) is 0 Å². The SMILES string of the molecule is CC(C)CC(C)CC(=O)N1CCC2(C=Cc3ccccc32)CC1. The third-order valence-corrected chi connectivity index (χ3v) is 5.48. The third kappa shape index (κ3) is 3.36. The van der Waals surface area contributed by atoms with Crippen molar-refractivity contribution in [1.82, 2.24) is 4.90 Å².